The summed E-state index contributed by atoms with van der Waals surface area (Å²) in [5, 5.41) is 49.2. The van der Waals surface area contributed by atoms with Gasteiger partial charge in [0.2, 0.25) is 23.6 Å². The lowest BCUT2D eigenvalue weighted by Crippen LogP contribution is -2.43. The van der Waals surface area contributed by atoms with Gasteiger partial charge in [-0.2, -0.15) is 0 Å². The largest absolute Gasteiger partial charge is 0.508 e. The fourth-order valence-corrected chi connectivity index (χ4v) is 7.99. The van der Waals surface area contributed by atoms with E-state index < -0.39 is 73.4 Å². The molecule has 3 aromatic rings. The van der Waals surface area contributed by atoms with Crippen molar-refractivity contribution in [1.82, 2.24) is 0 Å². The van der Waals surface area contributed by atoms with Crippen LogP contribution < -0.4 is 20.7 Å². The minimum Gasteiger partial charge on any atom is -0.508 e. The Bertz CT molecular complexity index is 1840. The Morgan fingerprint density at radius 3 is 1.80 bits per heavy atom. The first-order chi connectivity index (χ1) is 22.0. The van der Waals surface area contributed by atoms with Crippen molar-refractivity contribution in [3.05, 3.63) is 89.5 Å². The van der Waals surface area contributed by atoms with Gasteiger partial charge in [0.15, 0.2) is 0 Å². The molecule has 46 heavy (non-hydrogen) atoms. The summed E-state index contributed by atoms with van der Waals surface area (Å²) in [7, 11) is -3.59. The number of carbonyl (C=O) groups excluding carboxylic acids is 4. The van der Waals surface area contributed by atoms with Crippen LogP contribution in [0.5, 0.6) is 5.75 Å². The number of benzene rings is 3. The summed E-state index contributed by atoms with van der Waals surface area (Å²) in [6, 6.07) is 16.9. The van der Waals surface area contributed by atoms with E-state index in [0.29, 0.717) is 11.1 Å². The summed E-state index contributed by atoms with van der Waals surface area (Å²) in [4.78, 5) is 58.5. The molecular formula is C33H30B2N2O9. The number of phenols is 1. The van der Waals surface area contributed by atoms with E-state index in [0.717, 1.165) is 15.4 Å². The summed E-state index contributed by atoms with van der Waals surface area (Å²) in [5.74, 6) is -6.05. The third kappa shape index (κ3) is 4.53. The number of allylic oxidation sites excluding steroid dienone is 2. The first-order valence-electron chi connectivity index (χ1n) is 15.1. The quantitative estimate of drug-likeness (QED) is 0.151. The summed E-state index contributed by atoms with van der Waals surface area (Å²) >= 11 is 0. The van der Waals surface area contributed by atoms with Gasteiger partial charge in [-0.3, -0.25) is 29.0 Å². The average molecular weight is 620 g/mol. The lowest BCUT2D eigenvalue weighted by atomic mass is 9.57. The van der Waals surface area contributed by atoms with Gasteiger partial charge in [0.05, 0.1) is 35.0 Å². The van der Waals surface area contributed by atoms with Gasteiger partial charge in [0, 0.05) is 5.92 Å². The van der Waals surface area contributed by atoms with Crippen LogP contribution in [0.15, 0.2) is 78.4 Å². The predicted molar refractivity (Wildman–Crippen MR) is 168 cm³/mol. The van der Waals surface area contributed by atoms with E-state index in [1.165, 1.54) is 42.5 Å². The van der Waals surface area contributed by atoms with Crippen LogP contribution in [0.2, 0.25) is 0 Å². The standard InChI is InChI=1S/C33H30B2N2O9/c1-16-12-17(8-11-26(16)38)27-22-9-10-23-28(32(41)36(30(23)39)20-6-2-4-18(13-20)34(43)44)24(22)15-25-29(27)33(42)37(31(25)40)21-7-3-5-19(14-21)35(45)46/h2-9,11-14,23-25,27-29,38,43-46H,10,15H2,1H3/t23-,24+,25+,27-,28-,29+/m0/s1. The Morgan fingerprint density at radius 2 is 1.24 bits per heavy atom. The molecule has 7 rings (SSSR count). The van der Waals surface area contributed by atoms with Crippen LogP contribution in [0, 0.1) is 36.5 Å². The maximum atomic E-state index is 14.2. The molecule has 232 valence electrons. The highest BCUT2D eigenvalue weighted by Gasteiger charge is 2.62. The number of aromatic hydroxyl groups is 1. The molecule has 0 unspecified atom stereocenters. The fourth-order valence-electron chi connectivity index (χ4n) is 7.99. The van der Waals surface area contributed by atoms with E-state index in [-0.39, 0.29) is 40.9 Å². The molecule has 0 radical (unpaired) electrons. The second-order valence-electron chi connectivity index (χ2n) is 12.5. The molecule has 0 spiro atoms. The maximum absolute atomic E-state index is 14.2. The zero-order chi connectivity index (χ0) is 32.6. The Morgan fingerprint density at radius 1 is 0.674 bits per heavy atom. The first kappa shape index (κ1) is 30.1. The van der Waals surface area contributed by atoms with Crippen LogP contribution in [-0.2, 0) is 19.2 Å². The van der Waals surface area contributed by atoms with Crippen LogP contribution in [0.4, 0.5) is 11.4 Å². The van der Waals surface area contributed by atoms with Crippen LogP contribution in [0.1, 0.15) is 29.9 Å². The van der Waals surface area contributed by atoms with E-state index >= 15 is 0 Å². The Hall–Kier alpha value is -4.55. The van der Waals surface area contributed by atoms with Crippen molar-refractivity contribution in [2.45, 2.75) is 25.7 Å². The number of imide groups is 2. The molecule has 2 heterocycles. The van der Waals surface area contributed by atoms with Crippen LogP contribution in [0.3, 0.4) is 0 Å². The molecule has 0 bridgehead atoms. The molecule has 5 N–H and O–H groups in total. The number of anilines is 2. The van der Waals surface area contributed by atoms with Gasteiger partial charge in [-0.05, 0) is 78.1 Å². The Balaban J connectivity index is 1.32. The molecule has 13 heteroatoms. The molecular weight excluding hydrogens is 590 g/mol. The topological polar surface area (TPSA) is 176 Å². The first-order valence-corrected chi connectivity index (χ1v) is 15.1. The number of aryl methyl sites for hydroxylation is 1. The monoisotopic (exact) mass is 620 g/mol. The van der Waals surface area contributed by atoms with Crippen molar-refractivity contribution in [1.29, 1.82) is 0 Å². The highest BCUT2D eigenvalue weighted by Crippen LogP contribution is 2.58. The van der Waals surface area contributed by atoms with Gasteiger partial charge in [-0.15, -0.1) is 0 Å². The fraction of sp³-hybridized carbons (Fsp3) is 0.273. The normalized spacial score (nSPS) is 26.9. The second kappa shape index (κ2) is 11.1. The van der Waals surface area contributed by atoms with Crippen LogP contribution >= 0.6 is 0 Å². The van der Waals surface area contributed by atoms with Crippen LogP contribution in [0.25, 0.3) is 0 Å². The summed E-state index contributed by atoms with van der Waals surface area (Å²) < 4.78 is 0. The number of hydrogen-bond acceptors (Lipinski definition) is 9. The average Bonchev–Trinajstić information content (AvgIpc) is 3.45. The van der Waals surface area contributed by atoms with Crippen molar-refractivity contribution >= 4 is 60.2 Å². The SMILES string of the molecule is Cc1cc([C@H]2C3=CC[C@@H]4C(=O)N(c5cccc(B(O)O)c5)C(=O)[C@@H]4[C@@H]3C[C@H]3C(=O)N(c4cccc(B(O)O)c4)C(=O)[C@@H]23)ccc1O. The predicted octanol–water partition coefficient (Wildman–Crippen LogP) is 0.105. The van der Waals surface area contributed by atoms with E-state index in [4.69, 9.17) is 0 Å². The molecule has 2 aliphatic heterocycles. The van der Waals surface area contributed by atoms with Gasteiger partial charge < -0.3 is 25.2 Å². The van der Waals surface area contributed by atoms with Gasteiger partial charge in [-0.25, -0.2) is 0 Å². The zero-order valence-electron chi connectivity index (χ0n) is 24.7. The highest BCUT2D eigenvalue weighted by atomic mass is 16.4. The van der Waals surface area contributed by atoms with Crippen molar-refractivity contribution in [3.63, 3.8) is 0 Å². The highest BCUT2D eigenvalue weighted by molar-refractivity contribution is 6.59. The number of hydrogen-bond donors (Lipinski definition) is 5. The van der Waals surface area contributed by atoms with E-state index in [9.17, 15) is 44.4 Å². The lowest BCUT2D eigenvalue weighted by Gasteiger charge is -2.44. The molecule has 3 aromatic carbocycles. The molecule has 1 saturated carbocycles. The van der Waals surface area contributed by atoms with Gasteiger partial charge in [-0.1, -0.05) is 48.0 Å². The smallest absolute Gasteiger partial charge is 0.488 e. The molecule has 2 saturated heterocycles. The van der Waals surface area contributed by atoms with Crippen molar-refractivity contribution in [2.24, 2.45) is 29.6 Å². The number of phenolic OH excluding ortho intramolecular Hbond substituents is 1. The number of amides is 4. The lowest BCUT2D eigenvalue weighted by molar-refractivity contribution is -0.126. The number of carbonyl (C=O) groups is 4. The molecule has 6 atom stereocenters. The number of rotatable bonds is 5. The zero-order valence-corrected chi connectivity index (χ0v) is 24.7. The van der Waals surface area contributed by atoms with E-state index in [2.05, 4.69) is 0 Å². The Kier molecular flexibility index (Phi) is 7.24. The van der Waals surface area contributed by atoms with Crippen molar-refractivity contribution < 1.29 is 44.4 Å². The van der Waals surface area contributed by atoms with E-state index in [1.807, 2.05) is 6.08 Å². The minimum absolute atomic E-state index is 0.0719. The van der Waals surface area contributed by atoms with Crippen LogP contribution in [-0.4, -0.2) is 63.1 Å². The third-order valence-electron chi connectivity index (χ3n) is 10.1. The number of nitrogens with zero attached hydrogens (tertiary/aromatic N) is 2. The molecule has 3 fully saturated rings. The molecule has 0 aromatic heterocycles. The molecule has 2 aliphatic carbocycles. The molecule has 4 aliphatic rings. The second-order valence-corrected chi connectivity index (χ2v) is 12.5. The minimum atomic E-state index is -1.80. The van der Waals surface area contributed by atoms with Gasteiger partial charge in [0.1, 0.15) is 5.75 Å². The number of fused-ring (bicyclic) bond motifs is 4. The van der Waals surface area contributed by atoms with Gasteiger partial charge in [0.25, 0.3) is 0 Å². The summed E-state index contributed by atoms with van der Waals surface area (Å²) in [6.45, 7) is 1.73. The molecule has 11 nitrogen and oxygen atoms in total. The summed E-state index contributed by atoms with van der Waals surface area (Å²) in [6.07, 6.45) is 2.31. The van der Waals surface area contributed by atoms with Crippen molar-refractivity contribution in [3.8, 4) is 5.75 Å². The van der Waals surface area contributed by atoms with Crippen molar-refractivity contribution in [2.75, 3.05) is 9.80 Å². The van der Waals surface area contributed by atoms with E-state index in [1.54, 1.807) is 31.2 Å². The summed E-state index contributed by atoms with van der Waals surface area (Å²) in [5.41, 5.74) is 2.73. The Labute approximate surface area is 264 Å². The maximum Gasteiger partial charge on any atom is 0.488 e. The molecule has 4 amide bonds. The third-order valence-corrected chi connectivity index (χ3v) is 10.1. The van der Waals surface area contributed by atoms with Gasteiger partial charge >= 0.3 is 14.2 Å².